The van der Waals surface area contributed by atoms with Gasteiger partial charge in [0.1, 0.15) is 0 Å². The minimum atomic E-state index is 0.220. The van der Waals surface area contributed by atoms with Crippen molar-refractivity contribution in [2.45, 2.75) is 37.8 Å². The second-order valence-electron chi connectivity index (χ2n) is 2.72. The summed E-state index contributed by atoms with van der Waals surface area (Å²) < 4.78 is 0. The topological polar surface area (TPSA) is 8.72 Å². The summed E-state index contributed by atoms with van der Waals surface area (Å²) in [5, 5.41) is 0. The molecule has 2 heteroatoms. The van der Waals surface area contributed by atoms with Gasteiger partial charge in [-0.1, -0.05) is 0 Å². The molecule has 0 atom stereocenters. The average Bonchev–Trinajstić information content (AvgIpc) is 2.05. The molecule has 0 bridgehead atoms. The third-order valence-corrected chi connectivity index (χ3v) is 2.03. The third kappa shape index (κ3) is 1.48. The maximum absolute atomic E-state index is 6.77. The van der Waals surface area contributed by atoms with Crippen molar-refractivity contribution in [2.24, 2.45) is 0 Å². The molecule has 0 aromatic rings. The number of hydrogen-bond donors (Lipinski definition) is 0. The van der Waals surface area contributed by atoms with Crippen LogP contribution in [0.2, 0.25) is 0 Å². The smallest absolute Gasteiger partial charge is 0.224 e. The second-order valence-corrected chi connectivity index (χ2v) is 2.72. The molecule has 0 saturated heterocycles. The summed E-state index contributed by atoms with van der Waals surface area (Å²) in [4.78, 5) is 6.93. The van der Waals surface area contributed by atoms with Crippen molar-refractivity contribution in [3.63, 3.8) is 0 Å². The Kier molecular flexibility index (Phi) is 2.29. The molecule has 10 heavy (non-hydrogen) atoms. The van der Waals surface area contributed by atoms with Crippen LogP contribution in [0, 0.1) is 13.1 Å². The Labute approximate surface area is 61.5 Å². The highest BCUT2D eigenvalue weighted by Gasteiger charge is 2.26. The van der Waals surface area contributed by atoms with Gasteiger partial charge >= 0.3 is 0 Å². The SMILES string of the molecule is [C-]#[N+]C1CCC([N+]#[C-])CC1. The van der Waals surface area contributed by atoms with E-state index >= 15 is 0 Å². The van der Waals surface area contributed by atoms with Crippen molar-refractivity contribution in [3.05, 3.63) is 22.8 Å². The molecule has 1 aliphatic carbocycles. The fraction of sp³-hybridized carbons (Fsp3) is 0.750. The fourth-order valence-electron chi connectivity index (χ4n) is 1.32. The van der Waals surface area contributed by atoms with Crippen LogP contribution in [0.5, 0.6) is 0 Å². The number of rotatable bonds is 0. The molecule has 2 nitrogen and oxygen atoms in total. The highest BCUT2D eigenvalue weighted by Crippen LogP contribution is 2.22. The number of hydrogen-bond acceptors (Lipinski definition) is 0. The highest BCUT2D eigenvalue weighted by molar-refractivity contribution is 4.91. The van der Waals surface area contributed by atoms with Crippen molar-refractivity contribution >= 4 is 0 Å². The quantitative estimate of drug-likeness (QED) is 0.449. The Morgan fingerprint density at radius 3 is 1.30 bits per heavy atom. The first-order valence-corrected chi connectivity index (χ1v) is 3.60. The third-order valence-electron chi connectivity index (χ3n) is 2.03. The van der Waals surface area contributed by atoms with Crippen LogP contribution in [0.3, 0.4) is 0 Å². The van der Waals surface area contributed by atoms with Gasteiger partial charge in [0, 0.05) is 25.7 Å². The summed E-state index contributed by atoms with van der Waals surface area (Å²) in [6.45, 7) is 13.5. The monoisotopic (exact) mass is 134 g/mol. The Bertz CT molecular complexity index is 154. The van der Waals surface area contributed by atoms with Crippen LogP contribution < -0.4 is 0 Å². The molecule has 0 aliphatic heterocycles. The zero-order valence-electron chi connectivity index (χ0n) is 5.88. The molecule has 0 spiro atoms. The summed E-state index contributed by atoms with van der Waals surface area (Å²) in [5.41, 5.74) is 0. The van der Waals surface area contributed by atoms with Crippen molar-refractivity contribution in [1.29, 1.82) is 0 Å². The predicted octanol–water partition coefficient (Wildman–Crippen LogP) is 2.14. The van der Waals surface area contributed by atoms with Gasteiger partial charge in [0.25, 0.3) is 0 Å². The minimum Gasteiger partial charge on any atom is -0.314 e. The molecular weight excluding hydrogens is 124 g/mol. The maximum Gasteiger partial charge on any atom is 0.224 e. The van der Waals surface area contributed by atoms with Crippen LogP contribution in [0.4, 0.5) is 0 Å². The van der Waals surface area contributed by atoms with E-state index in [4.69, 9.17) is 13.1 Å². The molecule has 0 unspecified atom stereocenters. The second kappa shape index (κ2) is 3.22. The fourth-order valence-corrected chi connectivity index (χ4v) is 1.32. The molecule has 1 rings (SSSR count). The summed E-state index contributed by atoms with van der Waals surface area (Å²) >= 11 is 0. The molecule has 0 radical (unpaired) electrons. The van der Waals surface area contributed by atoms with Gasteiger partial charge in [-0.3, -0.25) is 0 Å². The zero-order valence-corrected chi connectivity index (χ0v) is 5.88. The van der Waals surface area contributed by atoms with Gasteiger partial charge in [-0.25, -0.2) is 13.1 Å². The Morgan fingerprint density at radius 1 is 0.800 bits per heavy atom. The van der Waals surface area contributed by atoms with Gasteiger partial charge in [0.15, 0.2) is 0 Å². The summed E-state index contributed by atoms with van der Waals surface area (Å²) in [7, 11) is 0. The normalized spacial score (nSPS) is 32.2. The molecule has 0 amide bonds. The Hall–Kier alpha value is -1.02. The van der Waals surface area contributed by atoms with Gasteiger partial charge in [-0.05, 0) is 0 Å². The molecule has 0 aromatic carbocycles. The number of nitrogens with zero attached hydrogens (tertiary/aromatic N) is 2. The first-order valence-electron chi connectivity index (χ1n) is 3.60. The van der Waals surface area contributed by atoms with E-state index in [-0.39, 0.29) is 12.1 Å². The van der Waals surface area contributed by atoms with Crippen molar-refractivity contribution in [1.82, 2.24) is 0 Å². The standard InChI is InChI=1S/C8H10N2/c1-9-7-3-5-8(10-2)6-4-7/h7-8H,3-6H2. The summed E-state index contributed by atoms with van der Waals surface area (Å²) in [6.07, 6.45) is 3.76. The average molecular weight is 134 g/mol. The van der Waals surface area contributed by atoms with Gasteiger partial charge in [-0.15, -0.1) is 0 Å². The molecule has 1 saturated carbocycles. The van der Waals surface area contributed by atoms with Crippen LogP contribution in [0.25, 0.3) is 9.69 Å². The van der Waals surface area contributed by atoms with Gasteiger partial charge in [-0.2, -0.15) is 0 Å². The summed E-state index contributed by atoms with van der Waals surface area (Å²) in [6, 6.07) is 0.441. The predicted molar refractivity (Wildman–Crippen MR) is 39.2 cm³/mol. The van der Waals surface area contributed by atoms with Crippen molar-refractivity contribution < 1.29 is 0 Å². The minimum absolute atomic E-state index is 0.220. The highest BCUT2D eigenvalue weighted by atomic mass is 14.8. The lowest BCUT2D eigenvalue weighted by atomic mass is 9.92. The first kappa shape index (κ1) is 7.09. The van der Waals surface area contributed by atoms with Gasteiger partial charge in [0.2, 0.25) is 12.1 Å². The van der Waals surface area contributed by atoms with E-state index in [9.17, 15) is 0 Å². The Balaban J connectivity index is 2.34. The maximum atomic E-state index is 6.77. The van der Waals surface area contributed by atoms with Crippen LogP contribution >= 0.6 is 0 Å². The van der Waals surface area contributed by atoms with E-state index in [1.807, 2.05) is 0 Å². The van der Waals surface area contributed by atoms with Gasteiger partial charge < -0.3 is 9.69 Å². The molecular formula is C8H10N2. The zero-order chi connectivity index (χ0) is 7.40. The molecule has 0 aromatic heterocycles. The van der Waals surface area contributed by atoms with E-state index in [0.717, 1.165) is 25.7 Å². The molecule has 1 aliphatic rings. The van der Waals surface area contributed by atoms with E-state index in [1.54, 1.807) is 0 Å². The van der Waals surface area contributed by atoms with E-state index in [2.05, 4.69) is 9.69 Å². The van der Waals surface area contributed by atoms with E-state index in [1.165, 1.54) is 0 Å². The molecule has 1 fully saturated rings. The van der Waals surface area contributed by atoms with Crippen molar-refractivity contribution in [3.8, 4) is 0 Å². The Morgan fingerprint density at radius 2 is 1.10 bits per heavy atom. The first-order chi connectivity index (χ1) is 4.86. The molecule has 52 valence electrons. The molecule has 0 N–H and O–H groups in total. The van der Waals surface area contributed by atoms with Crippen LogP contribution in [0.15, 0.2) is 0 Å². The van der Waals surface area contributed by atoms with E-state index in [0.29, 0.717) is 0 Å². The lowest BCUT2D eigenvalue weighted by Gasteiger charge is -2.12. The van der Waals surface area contributed by atoms with Gasteiger partial charge in [0.05, 0.1) is 0 Å². The lowest BCUT2D eigenvalue weighted by molar-refractivity contribution is 0.459. The summed E-state index contributed by atoms with van der Waals surface area (Å²) in [5.74, 6) is 0. The van der Waals surface area contributed by atoms with E-state index < -0.39 is 0 Å². The van der Waals surface area contributed by atoms with Crippen LogP contribution in [0.1, 0.15) is 25.7 Å². The lowest BCUT2D eigenvalue weighted by Crippen LogP contribution is -2.16. The van der Waals surface area contributed by atoms with Crippen LogP contribution in [-0.2, 0) is 0 Å². The van der Waals surface area contributed by atoms with Crippen LogP contribution in [-0.4, -0.2) is 12.1 Å². The van der Waals surface area contributed by atoms with Crippen molar-refractivity contribution in [2.75, 3.05) is 0 Å². The largest absolute Gasteiger partial charge is 0.314 e. The molecule has 0 heterocycles.